The van der Waals surface area contributed by atoms with Gasteiger partial charge in [-0.2, -0.15) is 0 Å². The molecule has 0 rings (SSSR count). The summed E-state index contributed by atoms with van der Waals surface area (Å²) in [6, 6.07) is 0. The molecule has 0 aliphatic rings. The zero-order chi connectivity index (χ0) is 4.99. The summed E-state index contributed by atoms with van der Waals surface area (Å²) in [4.78, 5) is 3.36. The first-order valence-electron chi connectivity index (χ1n) is 1.64. The van der Waals surface area contributed by atoms with Crippen molar-refractivity contribution in [2.45, 2.75) is 6.92 Å². The minimum Gasteiger partial charge on any atom is -0.494 e. The minimum absolute atomic E-state index is 0.141. The highest BCUT2D eigenvalue weighted by Gasteiger charge is 1.67. The third kappa shape index (κ3) is 3.21. The van der Waals surface area contributed by atoms with E-state index in [1.165, 1.54) is 6.21 Å². The minimum atomic E-state index is -0.141. The second kappa shape index (κ2) is 2.45. The van der Waals surface area contributed by atoms with E-state index in [-0.39, 0.29) is 5.88 Å². The van der Waals surface area contributed by atoms with Gasteiger partial charge in [0, 0.05) is 6.21 Å². The zero-order valence-corrected chi connectivity index (χ0v) is 3.68. The molecule has 0 saturated carbocycles. The van der Waals surface area contributed by atoms with E-state index in [0.717, 1.165) is 0 Å². The number of aliphatic hydroxyl groups is 1. The van der Waals surface area contributed by atoms with E-state index >= 15 is 0 Å². The first-order valence-corrected chi connectivity index (χ1v) is 1.64. The summed E-state index contributed by atoms with van der Waals surface area (Å²) in [5.41, 5.74) is 0. The molecule has 0 aliphatic heterocycles. The summed E-state index contributed by atoms with van der Waals surface area (Å²) in [7, 11) is 0. The Bertz CT molecular complexity index is 75.6. The van der Waals surface area contributed by atoms with Gasteiger partial charge in [0.15, 0.2) is 0 Å². The molecule has 2 heteroatoms. The molecular weight excluding hydrogens is 78.0 g/mol. The van der Waals surface area contributed by atoms with Crippen molar-refractivity contribution in [3.63, 3.8) is 0 Å². The molecular formula is C4H7NO. The van der Waals surface area contributed by atoms with Crippen molar-refractivity contribution in [1.29, 1.82) is 0 Å². The average Bonchev–Trinajstić information content (AvgIpc) is 1.35. The highest BCUT2D eigenvalue weighted by molar-refractivity contribution is 5.54. The summed E-state index contributed by atoms with van der Waals surface area (Å²) in [6.07, 6.45) is 1.47. The number of aliphatic hydroxyl groups excluding tert-OH is 1. The molecule has 0 aromatic rings. The SMILES string of the molecule is C=C(O)/N=C\C. The molecule has 0 unspecified atom stereocenters. The molecule has 0 amide bonds. The van der Waals surface area contributed by atoms with Crippen LogP contribution < -0.4 is 0 Å². The van der Waals surface area contributed by atoms with Gasteiger partial charge in [-0.15, -0.1) is 0 Å². The largest absolute Gasteiger partial charge is 0.494 e. The van der Waals surface area contributed by atoms with Crippen molar-refractivity contribution in [2.75, 3.05) is 0 Å². The predicted octanol–water partition coefficient (Wildman–Crippen LogP) is 1.11. The van der Waals surface area contributed by atoms with Crippen LogP contribution in [0.5, 0.6) is 0 Å². The maximum absolute atomic E-state index is 8.16. The van der Waals surface area contributed by atoms with Crippen molar-refractivity contribution in [1.82, 2.24) is 0 Å². The summed E-state index contributed by atoms with van der Waals surface area (Å²) in [5.74, 6) is -0.141. The van der Waals surface area contributed by atoms with Crippen LogP contribution in [0.2, 0.25) is 0 Å². The van der Waals surface area contributed by atoms with Crippen LogP contribution in [-0.4, -0.2) is 11.3 Å². The van der Waals surface area contributed by atoms with Gasteiger partial charge >= 0.3 is 0 Å². The Labute approximate surface area is 36.8 Å². The third-order valence-corrected chi connectivity index (χ3v) is 0.278. The normalized spacial score (nSPS) is 9.50. The Morgan fingerprint density at radius 2 is 2.50 bits per heavy atom. The molecule has 0 bridgehead atoms. The quantitative estimate of drug-likeness (QED) is 0.375. The first-order chi connectivity index (χ1) is 2.77. The monoisotopic (exact) mass is 85.1 g/mol. The van der Waals surface area contributed by atoms with E-state index in [0.29, 0.717) is 0 Å². The van der Waals surface area contributed by atoms with Crippen LogP contribution in [0, 0.1) is 0 Å². The number of rotatable bonds is 1. The lowest BCUT2D eigenvalue weighted by atomic mass is 10.8. The Kier molecular flexibility index (Phi) is 2.13. The van der Waals surface area contributed by atoms with Crippen molar-refractivity contribution in [2.24, 2.45) is 4.99 Å². The summed E-state index contributed by atoms with van der Waals surface area (Å²) in [6.45, 7) is 4.81. The Balaban J connectivity index is 3.30. The van der Waals surface area contributed by atoms with Crippen LogP contribution in [0.3, 0.4) is 0 Å². The second-order valence-electron chi connectivity index (χ2n) is 0.804. The molecule has 0 aromatic heterocycles. The van der Waals surface area contributed by atoms with Crippen molar-refractivity contribution < 1.29 is 5.11 Å². The van der Waals surface area contributed by atoms with E-state index in [1.807, 2.05) is 0 Å². The molecule has 0 saturated heterocycles. The van der Waals surface area contributed by atoms with E-state index in [2.05, 4.69) is 11.6 Å². The average molecular weight is 85.1 g/mol. The lowest BCUT2D eigenvalue weighted by Crippen LogP contribution is -1.66. The Hall–Kier alpha value is -0.790. The fourth-order valence-electron chi connectivity index (χ4n) is 0.149. The molecule has 0 fully saturated rings. The molecule has 0 radical (unpaired) electrons. The molecule has 0 aromatic carbocycles. The van der Waals surface area contributed by atoms with Gasteiger partial charge in [-0.25, -0.2) is 4.99 Å². The first kappa shape index (κ1) is 5.21. The number of hydrogen-bond donors (Lipinski definition) is 1. The topological polar surface area (TPSA) is 32.6 Å². The number of nitrogens with zero attached hydrogens (tertiary/aromatic N) is 1. The standard InChI is InChI=1S/C4H7NO/c1-3-5-4(2)6/h3,6H,2H2,1H3/b5-3-. The van der Waals surface area contributed by atoms with Gasteiger partial charge in [0.2, 0.25) is 5.88 Å². The van der Waals surface area contributed by atoms with Gasteiger partial charge in [-0.05, 0) is 13.5 Å². The second-order valence-corrected chi connectivity index (χ2v) is 0.804. The predicted molar refractivity (Wildman–Crippen MR) is 25.9 cm³/mol. The third-order valence-electron chi connectivity index (χ3n) is 0.278. The fourth-order valence-corrected chi connectivity index (χ4v) is 0.149. The molecule has 6 heavy (non-hydrogen) atoms. The van der Waals surface area contributed by atoms with Gasteiger partial charge < -0.3 is 5.11 Å². The van der Waals surface area contributed by atoms with Crippen LogP contribution in [-0.2, 0) is 0 Å². The zero-order valence-electron chi connectivity index (χ0n) is 3.68. The maximum atomic E-state index is 8.16. The van der Waals surface area contributed by atoms with E-state index < -0.39 is 0 Å². The summed E-state index contributed by atoms with van der Waals surface area (Å²) < 4.78 is 0. The van der Waals surface area contributed by atoms with E-state index in [9.17, 15) is 0 Å². The number of hydrogen-bond acceptors (Lipinski definition) is 2. The lowest BCUT2D eigenvalue weighted by Gasteiger charge is -1.76. The van der Waals surface area contributed by atoms with Crippen LogP contribution in [0.15, 0.2) is 17.5 Å². The summed E-state index contributed by atoms with van der Waals surface area (Å²) >= 11 is 0. The molecule has 0 heterocycles. The van der Waals surface area contributed by atoms with Crippen molar-refractivity contribution in [3.8, 4) is 0 Å². The van der Waals surface area contributed by atoms with E-state index in [4.69, 9.17) is 5.11 Å². The number of aliphatic imine (C=N–C) groups is 1. The van der Waals surface area contributed by atoms with Crippen LogP contribution in [0.1, 0.15) is 6.92 Å². The van der Waals surface area contributed by atoms with Crippen LogP contribution in [0.25, 0.3) is 0 Å². The highest BCUT2D eigenvalue weighted by Crippen LogP contribution is 1.77. The Morgan fingerprint density at radius 1 is 2.00 bits per heavy atom. The molecule has 0 spiro atoms. The molecule has 0 aliphatic carbocycles. The van der Waals surface area contributed by atoms with Gasteiger partial charge in [0.1, 0.15) is 0 Å². The molecule has 34 valence electrons. The van der Waals surface area contributed by atoms with Crippen molar-refractivity contribution >= 4 is 6.21 Å². The molecule has 1 N–H and O–H groups in total. The van der Waals surface area contributed by atoms with Gasteiger partial charge in [0.05, 0.1) is 0 Å². The van der Waals surface area contributed by atoms with Crippen LogP contribution >= 0.6 is 0 Å². The highest BCUT2D eigenvalue weighted by atomic mass is 16.3. The van der Waals surface area contributed by atoms with Crippen molar-refractivity contribution in [3.05, 3.63) is 12.5 Å². The molecule has 0 atom stereocenters. The summed E-state index contributed by atoms with van der Waals surface area (Å²) in [5, 5.41) is 8.16. The fraction of sp³-hybridized carbons (Fsp3) is 0.250. The van der Waals surface area contributed by atoms with Crippen LogP contribution in [0.4, 0.5) is 0 Å². The smallest absolute Gasteiger partial charge is 0.202 e. The molecule has 2 nitrogen and oxygen atoms in total. The van der Waals surface area contributed by atoms with Gasteiger partial charge in [0.25, 0.3) is 0 Å². The van der Waals surface area contributed by atoms with Gasteiger partial charge in [-0.1, -0.05) is 0 Å². The lowest BCUT2D eigenvalue weighted by molar-refractivity contribution is 0.410. The maximum Gasteiger partial charge on any atom is 0.202 e. The van der Waals surface area contributed by atoms with Gasteiger partial charge in [-0.3, -0.25) is 0 Å². The Morgan fingerprint density at radius 3 is 2.50 bits per heavy atom. The van der Waals surface area contributed by atoms with E-state index in [1.54, 1.807) is 6.92 Å².